The summed E-state index contributed by atoms with van der Waals surface area (Å²) in [6.45, 7) is 0. The van der Waals surface area contributed by atoms with Gasteiger partial charge in [0.1, 0.15) is 0 Å². The van der Waals surface area contributed by atoms with Crippen molar-refractivity contribution in [3.8, 4) is 0 Å². The van der Waals surface area contributed by atoms with Crippen LogP contribution in [0.1, 0.15) is 15.9 Å². The van der Waals surface area contributed by atoms with Crippen molar-refractivity contribution >= 4 is 28.3 Å². The molecular weight excluding hydrogens is 270 g/mol. The lowest BCUT2D eigenvalue weighted by molar-refractivity contribution is 0.0993. The molecule has 2 aromatic carbocycles. The number of hydrogen-bond acceptors (Lipinski definition) is 2. The topological polar surface area (TPSA) is 30.0 Å². The molecule has 3 heteroatoms. The molecule has 0 bridgehead atoms. The highest BCUT2D eigenvalue weighted by Gasteiger charge is 2.08. The van der Waals surface area contributed by atoms with Crippen molar-refractivity contribution in [3.05, 3.63) is 76.9 Å². The van der Waals surface area contributed by atoms with Gasteiger partial charge in [-0.1, -0.05) is 41.9 Å². The third kappa shape index (κ3) is 2.70. The van der Waals surface area contributed by atoms with Gasteiger partial charge in [0.25, 0.3) is 0 Å². The van der Waals surface area contributed by atoms with E-state index < -0.39 is 0 Å². The highest BCUT2D eigenvalue weighted by atomic mass is 35.5. The Hall–Kier alpha value is -2.19. The van der Waals surface area contributed by atoms with Gasteiger partial charge in [-0.25, -0.2) is 0 Å². The second kappa shape index (κ2) is 5.43. The van der Waals surface area contributed by atoms with E-state index in [4.69, 9.17) is 11.6 Å². The van der Waals surface area contributed by atoms with Crippen LogP contribution in [0.3, 0.4) is 0 Å². The Bertz CT molecular complexity index is 783. The Balaban J connectivity index is 1.88. The van der Waals surface area contributed by atoms with Crippen molar-refractivity contribution < 1.29 is 4.79 Å². The lowest BCUT2D eigenvalue weighted by atomic mass is 10.0. The average Bonchev–Trinajstić information content (AvgIpc) is 2.47. The largest absolute Gasteiger partial charge is 0.294 e. The van der Waals surface area contributed by atoms with Gasteiger partial charge in [-0.3, -0.25) is 9.78 Å². The van der Waals surface area contributed by atoms with Gasteiger partial charge < -0.3 is 0 Å². The Morgan fingerprint density at radius 3 is 2.80 bits per heavy atom. The number of aromatic nitrogens is 1. The van der Waals surface area contributed by atoms with Gasteiger partial charge >= 0.3 is 0 Å². The number of carbonyl (C=O) groups is 1. The van der Waals surface area contributed by atoms with E-state index in [2.05, 4.69) is 4.98 Å². The molecular formula is C17H12ClNO. The van der Waals surface area contributed by atoms with E-state index >= 15 is 0 Å². The van der Waals surface area contributed by atoms with E-state index in [9.17, 15) is 4.79 Å². The Morgan fingerprint density at radius 2 is 1.95 bits per heavy atom. The Kier molecular flexibility index (Phi) is 3.48. The minimum absolute atomic E-state index is 0.0693. The van der Waals surface area contributed by atoms with Crippen LogP contribution in [0, 0.1) is 0 Å². The summed E-state index contributed by atoms with van der Waals surface area (Å²) >= 11 is 5.93. The molecule has 0 fully saturated rings. The maximum atomic E-state index is 12.3. The zero-order chi connectivity index (χ0) is 13.9. The fraction of sp³-hybridized carbons (Fsp3) is 0.0588. The summed E-state index contributed by atoms with van der Waals surface area (Å²) in [6.07, 6.45) is 2.08. The minimum Gasteiger partial charge on any atom is -0.294 e. The predicted octanol–water partition coefficient (Wildman–Crippen LogP) is 4.31. The first-order valence-electron chi connectivity index (χ1n) is 6.35. The maximum absolute atomic E-state index is 12.3. The van der Waals surface area contributed by atoms with Crippen molar-refractivity contribution in [1.82, 2.24) is 4.98 Å². The number of benzene rings is 2. The molecule has 0 amide bonds. The van der Waals surface area contributed by atoms with Crippen LogP contribution in [0.2, 0.25) is 5.02 Å². The molecule has 3 rings (SSSR count). The first-order chi connectivity index (χ1) is 9.72. The summed E-state index contributed by atoms with van der Waals surface area (Å²) in [5.41, 5.74) is 2.43. The molecule has 20 heavy (non-hydrogen) atoms. The molecule has 0 unspecified atom stereocenters. The van der Waals surface area contributed by atoms with Gasteiger partial charge in [-0.2, -0.15) is 0 Å². The smallest absolute Gasteiger partial charge is 0.167 e. The molecule has 1 heterocycles. The zero-order valence-corrected chi connectivity index (χ0v) is 11.5. The molecule has 0 saturated carbocycles. The van der Waals surface area contributed by atoms with E-state index in [1.807, 2.05) is 48.5 Å². The Labute approximate surface area is 122 Å². The van der Waals surface area contributed by atoms with E-state index in [-0.39, 0.29) is 5.78 Å². The fourth-order valence-electron chi connectivity index (χ4n) is 2.17. The van der Waals surface area contributed by atoms with Crippen LogP contribution in [0.25, 0.3) is 10.9 Å². The van der Waals surface area contributed by atoms with Crippen LogP contribution >= 0.6 is 11.6 Å². The molecule has 0 saturated heterocycles. The molecule has 0 N–H and O–H groups in total. The number of ketones is 1. The molecule has 0 radical (unpaired) electrons. The van der Waals surface area contributed by atoms with E-state index in [1.165, 1.54) is 0 Å². The number of rotatable bonds is 3. The number of nitrogens with zero attached hydrogens (tertiary/aromatic N) is 1. The average molecular weight is 282 g/mol. The lowest BCUT2D eigenvalue weighted by Gasteiger charge is -2.04. The maximum Gasteiger partial charge on any atom is 0.167 e. The van der Waals surface area contributed by atoms with E-state index in [0.29, 0.717) is 17.0 Å². The van der Waals surface area contributed by atoms with Gasteiger partial charge in [0, 0.05) is 28.6 Å². The lowest BCUT2D eigenvalue weighted by Crippen LogP contribution is -2.03. The second-order valence-electron chi connectivity index (χ2n) is 4.64. The normalized spacial score (nSPS) is 10.7. The number of hydrogen-bond donors (Lipinski definition) is 0. The van der Waals surface area contributed by atoms with Crippen molar-refractivity contribution in [3.63, 3.8) is 0 Å². The molecule has 2 nitrogen and oxygen atoms in total. The van der Waals surface area contributed by atoms with Gasteiger partial charge in [-0.05, 0) is 29.8 Å². The van der Waals surface area contributed by atoms with Gasteiger partial charge in [0.2, 0.25) is 0 Å². The quantitative estimate of drug-likeness (QED) is 0.670. The summed E-state index contributed by atoms with van der Waals surface area (Å²) in [5.74, 6) is 0.0693. The number of fused-ring (bicyclic) bond motifs is 1. The predicted molar refractivity (Wildman–Crippen MR) is 81.2 cm³/mol. The van der Waals surface area contributed by atoms with Crippen LogP contribution in [-0.4, -0.2) is 10.8 Å². The van der Waals surface area contributed by atoms with Crippen molar-refractivity contribution in [2.75, 3.05) is 0 Å². The first kappa shape index (κ1) is 12.8. The summed E-state index contributed by atoms with van der Waals surface area (Å²) < 4.78 is 0. The number of Topliss-reactive ketones (excluding diaryl/α,β-unsaturated/α-hetero) is 1. The molecule has 3 aromatic rings. The standard InChI is InChI=1S/C17H12ClNO/c18-15-5-1-3-12(9-15)10-17(20)14-7-6-13-4-2-8-19-16(13)11-14/h1-9,11H,10H2. The van der Waals surface area contributed by atoms with Crippen LogP contribution in [0.5, 0.6) is 0 Å². The summed E-state index contributed by atoms with van der Waals surface area (Å²) in [7, 11) is 0. The summed E-state index contributed by atoms with van der Waals surface area (Å²) in [4.78, 5) is 16.6. The molecule has 0 atom stereocenters. The summed E-state index contributed by atoms with van der Waals surface area (Å²) in [6, 6.07) is 16.8. The monoisotopic (exact) mass is 281 g/mol. The third-order valence-electron chi connectivity index (χ3n) is 3.18. The Morgan fingerprint density at radius 1 is 1.05 bits per heavy atom. The van der Waals surface area contributed by atoms with Gasteiger partial charge in [0.05, 0.1) is 5.52 Å². The van der Waals surface area contributed by atoms with E-state index in [0.717, 1.165) is 16.5 Å². The minimum atomic E-state index is 0.0693. The molecule has 0 spiro atoms. The highest BCUT2D eigenvalue weighted by Crippen LogP contribution is 2.16. The number of halogens is 1. The van der Waals surface area contributed by atoms with Crippen LogP contribution in [0.15, 0.2) is 60.8 Å². The van der Waals surface area contributed by atoms with Crippen LogP contribution < -0.4 is 0 Å². The van der Waals surface area contributed by atoms with Crippen molar-refractivity contribution in [2.24, 2.45) is 0 Å². The van der Waals surface area contributed by atoms with Gasteiger partial charge in [0.15, 0.2) is 5.78 Å². The van der Waals surface area contributed by atoms with Crippen LogP contribution in [-0.2, 0) is 6.42 Å². The van der Waals surface area contributed by atoms with Crippen molar-refractivity contribution in [2.45, 2.75) is 6.42 Å². The highest BCUT2D eigenvalue weighted by molar-refractivity contribution is 6.30. The molecule has 1 aromatic heterocycles. The molecule has 0 aliphatic carbocycles. The zero-order valence-electron chi connectivity index (χ0n) is 10.7. The summed E-state index contributed by atoms with van der Waals surface area (Å²) in [5, 5.41) is 1.68. The number of pyridine rings is 1. The number of carbonyl (C=O) groups excluding carboxylic acids is 1. The van der Waals surface area contributed by atoms with Gasteiger partial charge in [-0.15, -0.1) is 0 Å². The fourth-order valence-corrected chi connectivity index (χ4v) is 2.39. The molecule has 0 aliphatic rings. The second-order valence-corrected chi connectivity index (χ2v) is 5.08. The first-order valence-corrected chi connectivity index (χ1v) is 6.72. The molecule has 0 aliphatic heterocycles. The third-order valence-corrected chi connectivity index (χ3v) is 3.42. The molecule has 98 valence electrons. The van der Waals surface area contributed by atoms with E-state index in [1.54, 1.807) is 12.3 Å². The van der Waals surface area contributed by atoms with Crippen LogP contribution in [0.4, 0.5) is 0 Å². The van der Waals surface area contributed by atoms with Crippen molar-refractivity contribution in [1.29, 1.82) is 0 Å². The SMILES string of the molecule is O=C(Cc1cccc(Cl)c1)c1ccc2cccnc2c1.